The molecule has 1 heteroatoms. The standard InChI is InChI=1S/C25H17N/c1-2-8-18(9-3-1)14-16-21-22-12-6-7-13-24(22)26-25-20-11-5-4-10-19(20)15-17-23(21)25/h1-17H/b16-14+. The summed E-state index contributed by atoms with van der Waals surface area (Å²) in [6.45, 7) is 0. The van der Waals surface area contributed by atoms with Crippen molar-refractivity contribution in [3.63, 3.8) is 0 Å². The molecule has 0 aliphatic carbocycles. The van der Waals surface area contributed by atoms with Crippen LogP contribution in [0.4, 0.5) is 0 Å². The summed E-state index contributed by atoms with van der Waals surface area (Å²) in [4.78, 5) is 4.99. The van der Waals surface area contributed by atoms with Gasteiger partial charge in [0.1, 0.15) is 0 Å². The molecule has 0 atom stereocenters. The maximum atomic E-state index is 4.99. The van der Waals surface area contributed by atoms with Crippen LogP contribution in [-0.2, 0) is 0 Å². The molecule has 0 aliphatic heterocycles. The highest BCUT2D eigenvalue weighted by Gasteiger charge is 2.09. The van der Waals surface area contributed by atoms with Crippen molar-refractivity contribution in [2.75, 3.05) is 0 Å². The van der Waals surface area contributed by atoms with Crippen molar-refractivity contribution >= 4 is 44.7 Å². The summed E-state index contributed by atoms with van der Waals surface area (Å²) in [7, 11) is 0. The quantitative estimate of drug-likeness (QED) is 0.259. The Morgan fingerprint density at radius 3 is 2.15 bits per heavy atom. The van der Waals surface area contributed by atoms with E-state index in [2.05, 4.69) is 97.1 Å². The van der Waals surface area contributed by atoms with Gasteiger partial charge in [-0.1, -0.05) is 97.1 Å². The highest BCUT2D eigenvalue weighted by molar-refractivity contribution is 6.13. The van der Waals surface area contributed by atoms with Crippen LogP contribution in [0.25, 0.3) is 44.7 Å². The largest absolute Gasteiger partial charge is 0.247 e. The van der Waals surface area contributed by atoms with E-state index in [0.717, 1.165) is 11.0 Å². The van der Waals surface area contributed by atoms with Crippen molar-refractivity contribution in [2.24, 2.45) is 0 Å². The van der Waals surface area contributed by atoms with Crippen LogP contribution < -0.4 is 0 Å². The van der Waals surface area contributed by atoms with Crippen LogP contribution >= 0.6 is 0 Å². The van der Waals surface area contributed by atoms with Crippen molar-refractivity contribution in [3.8, 4) is 0 Å². The monoisotopic (exact) mass is 331 g/mol. The fraction of sp³-hybridized carbons (Fsp3) is 0. The van der Waals surface area contributed by atoms with Gasteiger partial charge in [0.2, 0.25) is 0 Å². The van der Waals surface area contributed by atoms with E-state index < -0.39 is 0 Å². The van der Waals surface area contributed by atoms with E-state index >= 15 is 0 Å². The lowest BCUT2D eigenvalue weighted by Gasteiger charge is -2.10. The van der Waals surface area contributed by atoms with E-state index in [9.17, 15) is 0 Å². The Morgan fingerprint density at radius 1 is 0.538 bits per heavy atom. The van der Waals surface area contributed by atoms with E-state index in [0.29, 0.717) is 0 Å². The van der Waals surface area contributed by atoms with Crippen molar-refractivity contribution in [3.05, 3.63) is 102 Å². The van der Waals surface area contributed by atoms with Gasteiger partial charge in [-0.05, 0) is 22.6 Å². The summed E-state index contributed by atoms with van der Waals surface area (Å²) >= 11 is 0. The van der Waals surface area contributed by atoms with Crippen LogP contribution in [0.3, 0.4) is 0 Å². The van der Waals surface area contributed by atoms with Crippen LogP contribution in [0.15, 0.2) is 91.0 Å². The molecule has 0 radical (unpaired) electrons. The third-order valence-corrected chi connectivity index (χ3v) is 4.86. The molecule has 0 fully saturated rings. The summed E-state index contributed by atoms with van der Waals surface area (Å²) in [5.41, 5.74) is 4.51. The first-order chi connectivity index (χ1) is 12.9. The van der Waals surface area contributed by atoms with Crippen LogP contribution in [0.5, 0.6) is 0 Å². The van der Waals surface area contributed by atoms with E-state index in [1.54, 1.807) is 0 Å². The number of hydrogen-bond donors (Lipinski definition) is 0. The first-order valence-corrected chi connectivity index (χ1v) is 8.83. The number of hydrogen-bond acceptors (Lipinski definition) is 1. The molecule has 0 N–H and O–H groups in total. The van der Waals surface area contributed by atoms with Gasteiger partial charge >= 0.3 is 0 Å². The third kappa shape index (κ3) is 2.46. The maximum absolute atomic E-state index is 4.99. The first kappa shape index (κ1) is 14.9. The average Bonchev–Trinajstić information content (AvgIpc) is 2.72. The van der Waals surface area contributed by atoms with Crippen molar-refractivity contribution < 1.29 is 0 Å². The molecule has 0 unspecified atom stereocenters. The van der Waals surface area contributed by atoms with Gasteiger partial charge in [0.05, 0.1) is 11.0 Å². The predicted molar refractivity (Wildman–Crippen MR) is 112 cm³/mol. The van der Waals surface area contributed by atoms with Crippen molar-refractivity contribution in [2.45, 2.75) is 0 Å². The Hall–Kier alpha value is -3.45. The van der Waals surface area contributed by atoms with Crippen LogP contribution in [0.2, 0.25) is 0 Å². The van der Waals surface area contributed by atoms with E-state index in [1.165, 1.54) is 32.7 Å². The van der Waals surface area contributed by atoms with Crippen LogP contribution in [-0.4, -0.2) is 4.98 Å². The van der Waals surface area contributed by atoms with Gasteiger partial charge in [-0.15, -0.1) is 0 Å². The molecule has 0 bridgehead atoms. The number of nitrogens with zero attached hydrogens (tertiary/aromatic N) is 1. The number of fused-ring (bicyclic) bond motifs is 4. The highest BCUT2D eigenvalue weighted by Crippen LogP contribution is 2.32. The molecule has 1 aromatic heterocycles. The van der Waals surface area contributed by atoms with Crippen LogP contribution in [0.1, 0.15) is 11.1 Å². The minimum absolute atomic E-state index is 1.03. The minimum Gasteiger partial charge on any atom is -0.247 e. The smallest absolute Gasteiger partial charge is 0.0794 e. The summed E-state index contributed by atoms with van der Waals surface area (Å²) < 4.78 is 0. The zero-order valence-electron chi connectivity index (χ0n) is 14.3. The van der Waals surface area contributed by atoms with Gasteiger partial charge in [0, 0.05) is 16.2 Å². The summed E-state index contributed by atoms with van der Waals surface area (Å²) in [5.74, 6) is 0. The molecule has 0 saturated carbocycles. The zero-order valence-corrected chi connectivity index (χ0v) is 14.3. The summed E-state index contributed by atoms with van der Waals surface area (Å²) in [5, 5.41) is 4.79. The molecular weight excluding hydrogens is 314 g/mol. The summed E-state index contributed by atoms with van der Waals surface area (Å²) in [6, 6.07) is 31.6. The zero-order chi connectivity index (χ0) is 17.3. The van der Waals surface area contributed by atoms with Crippen molar-refractivity contribution in [1.82, 2.24) is 4.98 Å². The Balaban J connectivity index is 1.86. The molecule has 1 nitrogen and oxygen atoms in total. The Morgan fingerprint density at radius 2 is 1.27 bits per heavy atom. The third-order valence-electron chi connectivity index (χ3n) is 4.86. The van der Waals surface area contributed by atoms with Gasteiger partial charge in [0.15, 0.2) is 0 Å². The minimum atomic E-state index is 1.03. The topological polar surface area (TPSA) is 12.9 Å². The van der Waals surface area contributed by atoms with Crippen molar-refractivity contribution in [1.29, 1.82) is 0 Å². The Bertz CT molecular complexity index is 1270. The fourth-order valence-electron chi connectivity index (χ4n) is 3.58. The second-order valence-electron chi connectivity index (χ2n) is 6.47. The first-order valence-electron chi connectivity index (χ1n) is 8.83. The Kier molecular flexibility index (Phi) is 3.50. The molecule has 0 aliphatic rings. The lowest BCUT2D eigenvalue weighted by molar-refractivity contribution is 1.51. The number of rotatable bonds is 2. The van der Waals surface area contributed by atoms with Gasteiger partial charge < -0.3 is 0 Å². The highest BCUT2D eigenvalue weighted by atomic mass is 14.7. The van der Waals surface area contributed by atoms with Gasteiger partial charge in [-0.2, -0.15) is 0 Å². The Labute approximate surface area is 152 Å². The number of aromatic nitrogens is 1. The molecule has 1 heterocycles. The van der Waals surface area contributed by atoms with E-state index in [1.807, 2.05) is 6.07 Å². The molecule has 0 saturated heterocycles. The number of para-hydroxylation sites is 1. The molecular formula is C25H17N. The van der Waals surface area contributed by atoms with E-state index in [4.69, 9.17) is 4.98 Å². The fourth-order valence-corrected chi connectivity index (χ4v) is 3.58. The van der Waals surface area contributed by atoms with Gasteiger partial charge in [-0.3, -0.25) is 0 Å². The lowest BCUT2D eigenvalue weighted by Crippen LogP contribution is -1.89. The molecule has 122 valence electrons. The normalized spacial score (nSPS) is 11.7. The lowest BCUT2D eigenvalue weighted by atomic mass is 9.98. The maximum Gasteiger partial charge on any atom is 0.0794 e. The molecule has 5 rings (SSSR count). The predicted octanol–water partition coefficient (Wildman–Crippen LogP) is 6.71. The molecule has 26 heavy (non-hydrogen) atoms. The molecule has 0 amide bonds. The van der Waals surface area contributed by atoms with Gasteiger partial charge in [-0.25, -0.2) is 4.98 Å². The molecule has 5 aromatic rings. The second kappa shape index (κ2) is 6.12. The summed E-state index contributed by atoms with van der Waals surface area (Å²) in [6.07, 6.45) is 4.40. The van der Waals surface area contributed by atoms with Gasteiger partial charge in [0.25, 0.3) is 0 Å². The van der Waals surface area contributed by atoms with Crippen LogP contribution in [0, 0.1) is 0 Å². The SMILES string of the molecule is C(=C\c1c2ccccc2nc2c1ccc1ccccc12)/c1ccccc1. The molecule has 4 aromatic carbocycles. The van der Waals surface area contributed by atoms with E-state index in [-0.39, 0.29) is 0 Å². The number of benzene rings is 4. The second-order valence-corrected chi connectivity index (χ2v) is 6.47. The molecule has 0 spiro atoms. The average molecular weight is 331 g/mol. The number of pyridine rings is 1.